The summed E-state index contributed by atoms with van der Waals surface area (Å²) in [5.41, 5.74) is 1.67. The van der Waals surface area contributed by atoms with E-state index in [1.807, 2.05) is 13.8 Å². The van der Waals surface area contributed by atoms with Gasteiger partial charge in [0, 0.05) is 12.2 Å². The summed E-state index contributed by atoms with van der Waals surface area (Å²) in [5.74, 6) is 0.686. The zero-order chi connectivity index (χ0) is 15.9. The van der Waals surface area contributed by atoms with E-state index in [2.05, 4.69) is 26.7 Å². The predicted octanol–water partition coefficient (Wildman–Crippen LogP) is 2.48. The fourth-order valence-electron chi connectivity index (χ4n) is 1.67. The van der Waals surface area contributed by atoms with E-state index in [1.165, 1.54) is 12.4 Å². The van der Waals surface area contributed by atoms with Crippen molar-refractivity contribution in [1.29, 1.82) is 5.26 Å². The minimum Gasteiger partial charge on any atom is -0.350 e. The van der Waals surface area contributed by atoms with Crippen LogP contribution in [0.5, 0.6) is 0 Å². The van der Waals surface area contributed by atoms with Crippen molar-refractivity contribution >= 4 is 17.4 Å². The Balaban J connectivity index is 1.99. The van der Waals surface area contributed by atoms with Gasteiger partial charge in [-0.05, 0) is 30.2 Å². The van der Waals surface area contributed by atoms with Gasteiger partial charge in [-0.3, -0.25) is 4.79 Å². The van der Waals surface area contributed by atoms with E-state index in [4.69, 9.17) is 5.26 Å². The van der Waals surface area contributed by atoms with Crippen molar-refractivity contribution in [1.82, 2.24) is 15.3 Å². The van der Waals surface area contributed by atoms with Crippen LogP contribution < -0.4 is 10.6 Å². The molecule has 0 atom stereocenters. The molecule has 22 heavy (non-hydrogen) atoms. The van der Waals surface area contributed by atoms with Crippen molar-refractivity contribution in [3.63, 3.8) is 0 Å². The molecule has 2 rings (SSSR count). The average Bonchev–Trinajstić information content (AvgIpc) is 2.54. The second kappa shape index (κ2) is 7.18. The zero-order valence-electron chi connectivity index (χ0n) is 12.5. The molecule has 0 radical (unpaired) electrons. The molecule has 2 aromatic rings. The van der Waals surface area contributed by atoms with Gasteiger partial charge in [0.15, 0.2) is 0 Å². The highest BCUT2D eigenvalue weighted by molar-refractivity contribution is 5.92. The summed E-state index contributed by atoms with van der Waals surface area (Å²) in [4.78, 5) is 20.1. The van der Waals surface area contributed by atoms with Gasteiger partial charge in [-0.1, -0.05) is 13.8 Å². The molecule has 0 spiro atoms. The zero-order valence-corrected chi connectivity index (χ0v) is 12.5. The average molecular weight is 295 g/mol. The number of carbonyl (C=O) groups excluding carboxylic acids is 1. The Kier molecular flexibility index (Phi) is 5.04. The first-order chi connectivity index (χ1) is 10.6. The van der Waals surface area contributed by atoms with Gasteiger partial charge in [0.2, 0.25) is 0 Å². The van der Waals surface area contributed by atoms with Crippen molar-refractivity contribution in [2.45, 2.75) is 13.8 Å². The highest BCUT2D eigenvalue weighted by atomic mass is 16.1. The molecular weight excluding hydrogens is 278 g/mol. The lowest BCUT2D eigenvalue weighted by molar-refractivity contribution is 0.0943. The lowest BCUT2D eigenvalue weighted by atomic mass is 10.2. The maximum absolute atomic E-state index is 11.8. The molecule has 0 bridgehead atoms. The lowest BCUT2D eigenvalue weighted by Gasteiger charge is -2.08. The Morgan fingerprint density at radius 3 is 2.50 bits per heavy atom. The standard InChI is InChI=1S/C16H17N5O/c1-11(2)8-20-16(22)14-9-19-15(10-18-14)21-13-5-3-12(7-17)4-6-13/h3-6,9-11H,8H2,1-2H3,(H,19,21)(H,20,22). The van der Waals surface area contributed by atoms with Crippen molar-refractivity contribution in [3.05, 3.63) is 47.9 Å². The molecule has 0 fully saturated rings. The molecule has 0 aliphatic heterocycles. The summed E-state index contributed by atoms with van der Waals surface area (Å²) >= 11 is 0. The molecule has 1 aromatic carbocycles. The molecule has 0 aliphatic carbocycles. The van der Waals surface area contributed by atoms with Crippen LogP contribution in [0.15, 0.2) is 36.7 Å². The smallest absolute Gasteiger partial charge is 0.271 e. The molecule has 0 saturated heterocycles. The Hall–Kier alpha value is -2.94. The van der Waals surface area contributed by atoms with E-state index < -0.39 is 0 Å². The summed E-state index contributed by atoms with van der Waals surface area (Å²) in [6.07, 6.45) is 2.93. The quantitative estimate of drug-likeness (QED) is 0.884. The molecule has 0 aliphatic rings. The highest BCUT2D eigenvalue weighted by Gasteiger charge is 2.08. The number of benzene rings is 1. The number of amides is 1. The van der Waals surface area contributed by atoms with E-state index in [9.17, 15) is 4.79 Å². The van der Waals surface area contributed by atoms with Gasteiger partial charge in [0.1, 0.15) is 11.5 Å². The van der Waals surface area contributed by atoms with Crippen molar-refractivity contribution in [2.75, 3.05) is 11.9 Å². The summed E-state index contributed by atoms with van der Waals surface area (Å²) in [5, 5.41) is 14.6. The number of hydrogen-bond acceptors (Lipinski definition) is 5. The molecule has 1 heterocycles. The van der Waals surface area contributed by atoms with E-state index in [-0.39, 0.29) is 11.6 Å². The van der Waals surface area contributed by atoms with Crippen LogP contribution in [0, 0.1) is 17.2 Å². The molecule has 2 N–H and O–H groups in total. The monoisotopic (exact) mass is 295 g/mol. The molecule has 6 heteroatoms. The topological polar surface area (TPSA) is 90.7 Å². The van der Waals surface area contributed by atoms with Gasteiger partial charge in [0.05, 0.1) is 24.0 Å². The van der Waals surface area contributed by atoms with E-state index in [1.54, 1.807) is 24.3 Å². The van der Waals surface area contributed by atoms with E-state index >= 15 is 0 Å². The number of nitrogens with one attached hydrogen (secondary N) is 2. The second-order valence-corrected chi connectivity index (χ2v) is 5.20. The normalized spacial score (nSPS) is 10.1. The maximum atomic E-state index is 11.8. The number of nitriles is 1. The summed E-state index contributed by atoms with van der Waals surface area (Å²) in [6, 6.07) is 9.04. The third kappa shape index (κ3) is 4.28. The van der Waals surface area contributed by atoms with Gasteiger partial charge in [-0.2, -0.15) is 5.26 Å². The molecule has 1 aromatic heterocycles. The van der Waals surface area contributed by atoms with Crippen LogP contribution in [-0.2, 0) is 0 Å². The van der Waals surface area contributed by atoms with Crippen LogP contribution >= 0.6 is 0 Å². The van der Waals surface area contributed by atoms with Gasteiger partial charge in [-0.25, -0.2) is 9.97 Å². The number of anilines is 2. The first-order valence-electron chi connectivity index (χ1n) is 6.96. The Morgan fingerprint density at radius 2 is 1.95 bits per heavy atom. The minimum absolute atomic E-state index is 0.230. The van der Waals surface area contributed by atoms with Crippen LogP contribution in [0.4, 0.5) is 11.5 Å². The van der Waals surface area contributed by atoms with Crippen molar-refractivity contribution in [2.24, 2.45) is 5.92 Å². The summed E-state index contributed by atoms with van der Waals surface area (Å²) < 4.78 is 0. The Bertz CT molecular complexity index is 671. The van der Waals surface area contributed by atoms with Crippen LogP contribution in [0.3, 0.4) is 0 Å². The summed E-state index contributed by atoms with van der Waals surface area (Å²) in [7, 11) is 0. The lowest BCUT2D eigenvalue weighted by Crippen LogP contribution is -2.28. The molecule has 1 amide bonds. The minimum atomic E-state index is -0.230. The molecule has 0 unspecified atom stereocenters. The highest BCUT2D eigenvalue weighted by Crippen LogP contribution is 2.14. The summed E-state index contributed by atoms with van der Waals surface area (Å²) in [6.45, 7) is 4.65. The molecule has 112 valence electrons. The van der Waals surface area contributed by atoms with Gasteiger partial charge in [-0.15, -0.1) is 0 Å². The Morgan fingerprint density at radius 1 is 1.23 bits per heavy atom. The first kappa shape index (κ1) is 15.4. The number of aromatic nitrogens is 2. The van der Waals surface area contributed by atoms with Crippen LogP contribution in [0.2, 0.25) is 0 Å². The predicted molar refractivity (Wildman–Crippen MR) is 83.6 cm³/mol. The molecule has 6 nitrogen and oxygen atoms in total. The largest absolute Gasteiger partial charge is 0.350 e. The van der Waals surface area contributed by atoms with E-state index in [0.717, 1.165) is 5.69 Å². The molecule has 0 saturated carbocycles. The second-order valence-electron chi connectivity index (χ2n) is 5.20. The molecular formula is C16H17N5O. The van der Waals surface area contributed by atoms with Crippen LogP contribution in [0.1, 0.15) is 29.9 Å². The first-order valence-corrected chi connectivity index (χ1v) is 6.96. The van der Waals surface area contributed by atoms with Crippen LogP contribution in [0.25, 0.3) is 0 Å². The van der Waals surface area contributed by atoms with Crippen molar-refractivity contribution < 1.29 is 4.79 Å². The van der Waals surface area contributed by atoms with Gasteiger partial charge >= 0.3 is 0 Å². The fourth-order valence-corrected chi connectivity index (χ4v) is 1.67. The number of rotatable bonds is 5. The third-order valence-corrected chi connectivity index (χ3v) is 2.84. The van der Waals surface area contributed by atoms with E-state index in [0.29, 0.717) is 23.8 Å². The van der Waals surface area contributed by atoms with Gasteiger partial charge < -0.3 is 10.6 Å². The number of carbonyl (C=O) groups is 1. The fraction of sp³-hybridized carbons (Fsp3) is 0.250. The Labute approximate surface area is 129 Å². The van der Waals surface area contributed by atoms with Crippen molar-refractivity contribution in [3.8, 4) is 6.07 Å². The number of nitrogens with zero attached hydrogens (tertiary/aromatic N) is 3. The van der Waals surface area contributed by atoms with Gasteiger partial charge in [0.25, 0.3) is 5.91 Å². The SMILES string of the molecule is CC(C)CNC(=O)c1cnc(Nc2ccc(C#N)cc2)cn1. The maximum Gasteiger partial charge on any atom is 0.271 e. The van der Waals surface area contributed by atoms with Crippen LogP contribution in [-0.4, -0.2) is 22.4 Å². The number of hydrogen-bond donors (Lipinski definition) is 2. The third-order valence-electron chi connectivity index (χ3n) is 2.84.